The molecule has 0 spiro atoms. The molecule has 5 rings (SSSR count). The minimum atomic E-state index is -0.727. The van der Waals surface area contributed by atoms with Gasteiger partial charge in [-0.2, -0.15) is 0 Å². The number of fused-ring (bicyclic) bond motifs is 2. The highest BCUT2D eigenvalue weighted by Crippen LogP contribution is 2.47. The van der Waals surface area contributed by atoms with Crippen LogP contribution in [0.25, 0.3) is 0 Å². The van der Waals surface area contributed by atoms with E-state index < -0.39 is 11.5 Å². The van der Waals surface area contributed by atoms with Crippen LogP contribution in [0, 0.1) is 29.0 Å². The molecular weight excluding hydrogens is 543 g/mol. The first kappa shape index (κ1) is 31.9. The number of carbonyl (C=O) groups excluding carboxylic acids is 3. The summed E-state index contributed by atoms with van der Waals surface area (Å²) in [7, 11) is 0. The standard InChI is InChI=1S/C35H53FN4O3/c1-23(2)40-22-25-19-28(30(40)21-25)31(41)37-29(20-24-11-13-27(36)14-12-24)32(42)39-17-15-35(16-18-39,26-9-7-6-8-10-26)33(43)38-34(3,4)5/h11-14,23,25-26,28-30H,6-10,15-22H2,1-5H3,(H,37,41)(H,38,43)/t25-,28-,29-,30-/m1/s1. The Hall–Kier alpha value is -2.48. The summed E-state index contributed by atoms with van der Waals surface area (Å²) in [6, 6.07) is 6.08. The molecule has 3 amide bonds. The highest BCUT2D eigenvalue weighted by Gasteiger charge is 2.51. The molecular formula is C35H53FN4O3. The summed E-state index contributed by atoms with van der Waals surface area (Å²) in [4.78, 5) is 46.1. The summed E-state index contributed by atoms with van der Waals surface area (Å²) in [6.07, 6.45) is 9.15. The van der Waals surface area contributed by atoms with Gasteiger partial charge in [-0.05, 0) is 103 Å². The molecule has 4 fully saturated rings. The van der Waals surface area contributed by atoms with E-state index in [1.165, 1.54) is 18.6 Å². The van der Waals surface area contributed by atoms with E-state index in [0.717, 1.165) is 50.6 Å². The predicted molar refractivity (Wildman–Crippen MR) is 167 cm³/mol. The average Bonchev–Trinajstić information content (AvgIpc) is 3.59. The van der Waals surface area contributed by atoms with Crippen LogP contribution in [0.2, 0.25) is 0 Å². The van der Waals surface area contributed by atoms with Gasteiger partial charge in [-0.25, -0.2) is 4.39 Å². The van der Waals surface area contributed by atoms with E-state index in [4.69, 9.17) is 0 Å². The zero-order valence-corrected chi connectivity index (χ0v) is 27.0. The van der Waals surface area contributed by atoms with Crippen LogP contribution < -0.4 is 10.6 Å². The molecule has 2 aliphatic carbocycles. The van der Waals surface area contributed by atoms with E-state index in [0.29, 0.717) is 50.2 Å². The summed E-state index contributed by atoms with van der Waals surface area (Å²) in [5.41, 5.74) is 0.0277. The van der Waals surface area contributed by atoms with Crippen molar-refractivity contribution in [1.29, 1.82) is 0 Å². The van der Waals surface area contributed by atoms with Gasteiger partial charge < -0.3 is 15.5 Å². The lowest BCUT2D eigenvalue weighted by atomic mass is 9.63. The van der Waals surface area contributed by atoms with Gasteiger partial charge in [0.1, 0.15) is 11.9 Å². The van der Waals surface area contributed by atoms with Gasteiger partial charge in [0, 0.05) is 43.7 Å². The van der Waals surface area contributed by atoms with Crippen LogP contribution in [0.3, 0.4) is 0 Å². The minimum Gasteiger partial charge on any atom is -0.351 e. The molecule has 2 saturated heterocycles. The lowest BCUT2D eigenvalue weighted by molar-refractivity contribution is -0.147. The number of halogens is 1. The molecule has 2 N–H and O–H groups in total. The zero-order chi connectivity index (χ0) is 30.9. The minimum absolute atomic E-state index is 0.0450. The number of hydrogen-bond donors (Lipinski definition) is 2. The van der Waals surface area contributed by atoms with E-state index in [-0.39, 0.29) is 41.0 Å². The smallest absolute Gasteiger partial charge is 0.245 e. The number of likely N-dealkylation sites (tertiary alicyclic amines) is 2. The fraction of sp³-hybridized carbons (Fsp3) is 0.743. The van der Waals surface area contributed by atoms with Gasteiger partial charge >= 0.3 is 0 Å². The quantitative estimate of drug-likeness (QED) is 0.439. The van der Waals surface area contributed by atoms with Gasteiger partial charge in [0.2, 0.25) is 17.7 Å². The average molecular weight is 597 g/mol. The Labute approximate surface area is 257 Å². The fourth-order valence-electron chi connectivity index (χ4n) is 8.57. The van der Waals surface area contributed by atoms with E-state index in [2.05, 4.69) is 29.4 Å². The second-order valence-corrected chi connectivity index (χ2v) is 15.2. The summed E-state index contributed by atoms with van der Waals surface area (Å²) < 4.78 is 13.7. The van der Waals surface area contributed by atoms with Crippen molar-refractivity contribution in [3.8, 4) is 0 Å². The molecule has 238 valence electrons. The van der Waals surface area contributed by atoms with Gasteiger partial charge in [-0.3, -0.25) is 19.3 Å². The fourth-order valence-corrected chi connectivity index (χ4v) is 8.57. The Bertz CT molecular complexity index is 1150. The molecule has 2 aliphatic heterocycles. The number of benzene rings is 1. The van der Waals surface area contributed by atoms with Crippen LogP contribution >= 0.6 is 0 Å². The van der Waals surface area contributed by atoms with E-state index in [1.54, 1.807) is 12.1 Å². The van der Waals surface area contributed by atoms with Crippen LogP contribution in [0.1, 0.15) is 98.0 Å². The Morgan fingerprint density at radius 3 is 2.23 bits per heavy atom. The lowest BCUT2D eigenvalue weighted by Gasteiger charge is -2.48. The van der Waals surface area contributed by atoms with Crippen molar-refractivity contribution in [2.45, 2.75) is 122 Å². The molecule has 2 bridgehead atoms. The number of amides is 3. The molecule has 43 heavy (non-hydrogen) atoms. The molecule has 2 saturated carbocycles. The van der Waals surface area contributed by atoms with Crippen LogP contribution in [0.15, 0.2) is 24.3 Å². The maximum absolute atomic E-state index is 14.2. The number of rotatable bonds is 8. The summed E-state index contributed by atoms with van der Waals surface area (Å²) >= 11 is 0. The number of nitrogens with one attached hydrogen (secondary N) is 2. The van der Waals surface area contributed by atoms with Crippen molar-refractivity contribution in [1.82, 2.24) is 20.4 Å². The van der Waals surface area contributed by atoms with Crippen LogP contribution in [0.5, 0.6) is 0 Å². The molecule has 0 radical (unpaired) electrons. The first-order valence-electron chi connectivity index (χ1n) is 16.8. The molecule has 4 aliphatic rings. The first-order valence-corrected chi connectivity index (χ1v) is 16.8. The SMILES string of the molecule is CC(C)N1C[C@H]2C[C@@H]1[C@H](C(=O)N[C@H](Cc1ccc(F)cc1)C(=O)N1CCC(C(=O)NC(C)(C)C)(C3CCCCC3)CC1)C2. The Morgan fingerprint density at radius 2 is 1.65 bits per heavy atom. The molecule has 0 aromatic heterocycles. The van der Waals surface area contributed by atoms with Crippen molar-refractivity contribution in [3.63, 3.8) is 0 Å². The molecule has 4 atom stereocenters. The molecule has 1 aromatic rings. The largest absolute Gasteiger partial charge is 0.351 e. The van der Waals surface area contributed by atoms with Gasteiger partial charge in [-0.15, -0.1) is 0 Å². The number of carbonyl (C=O) groups is 3. The molecule has 8 heteroatoms. The number of piperidine rings is 2. The second kappa shape index (κ2) is 12.9. The molecule has 1 aromatic carbocycles. The van der Waals surface area contributed by atoms with Crippen molar-refractivity contribution in [2.24, 2.45) is 23.2 Å². The van der Waals surface area contributed by atoms with Crippen molar-refractivity contribution in [3.05, 3.63) is 35.6 Å². The first-order chi connectivity index (χ1) is 20.4. The molecule has 7 nitrogen and oxygen atoms in total. The second-order valence-electron chi connectivity index (χ2n) is 15.2. The predicted octanol–water partition coefficient (Wildman–Crippen LogP) is 5.08. The topological polar surface area (TPSA) is 81.8 Å². The maximum atomic E-state index is 14.2. The van der Waals surface area contributed by atoms with Gasteiger partial charge in [0.15, 0.2) is 0 Å². The lowest BCUT2D eigenvalue weighted by Crippen LogP contribution is -2.59. The zero-order valence-electron chi connectivity index (χ0n) is 27.0. The monoisotopic (exact) mass is 596 g/mol. The van der Waals surface area contributed by atoms with Gasteiger partial charge in [0.25, 0.3) is 0 Å². The van der Waals surface area contributed by atoms with E-state index >= 15 is 0 Å². The summed E-state index contributed by atoms with van der Waals surface area (Å²) in [5.74, 6) is 0.398. The highest BCUT2D eigenvalue weighted by molar-refractivity contribution is 5.90. The van der Waals surface area contributed by atoms with Gasteiger partial charge in [0.05, 0.1) is 11.3 Å². The maximum Gasteiger partial charge on any atom is 0.245 e. The van der Waals surface area contributed by atoms with Crippen LogP contribution in [-0.2, 0) is 20.8 Å². The van der Waals surface area contributed by atoms with Crippen molar-refractivity contribution in [2.75, 3.05) is 19.6 Å². The van der Waals surface area contributed by atoms with E-state index in [9.17, 15) is 18.8 Å². The number of nitrogens with zero attached hydrogens (tertiary/aromatic N) is 2. The van der Waals surface area contributed by atoms with Gasteiger partial charge in [-0.1, -0.05) is 31.4 Å². The summed E-state index contributed by atoms with van der Waals surface area (Å²) in [6.45, 7) is 12.5. The van der Waals surface area contributed by atoms with Crippen LogP contribution in [-0.4, -0.2) is 70.8 Å². The van der Waals surface area contributed by atoms with Crippen LogP contribution in [0.4, 0.5) is 4.39 Å². The third kappa shape index (κ3) is 7.10. The Balaban J connectivity index is 1.32. The normalized spacial score (nSPS) is 26.9. The molecule has 2 heterocycles. The third-order valence-electron chi connectivity index (χ3n) is 10.8. The third-order valence-corrected chi connectivity index (χ3v) is 10.8. The van der Waals surface area contributed by atoms with Crippen molar-refractivity contribution >= 4 is 17.7 Å². The highest BCUT2D eigenvalue weighted by atomic mass is 19.1. The Morgan fingerprint density at radius 1 is 1.00 bits per heavy atom. The Kier molecular flexibility index (Phi) is 9.55. The van der Waals surface area contributed by atoms with E-state index in [1.807, 2.05) is 25.7 Å². The number of hydrogen-bond acceptors (Lipinski definition) is 4. The molecule has 0 unspecified atom stereocenters. The summed E-state index contributed by atoms with van der Waals surface area (Å²) in [5, 5.41) is 6.45. The van der Waals surface area contributed by atoms with Crippen molar-refractivity contribution < 1.29 is 18.8 Å².